The Labute approximate surface area is 164 Å². The number of nitrogens with one attached hydrogen (secondary N) is 2. The summed E-state index contributed by atoms with van der Waals surface area (Å²) in [4.78, 5) is 17.7. The number of amides is 1. The van der Waals surface area contributed by atoms with Crippen LogP contribution in [0, 0.1) is 0 Å². The van der Waals surface area contributed by atoms with Crippen molar-refractivity contribution >= 4 is 35.8 Å². The number of nitrogens with zero attached hydrogens (tertiary/aromatic N) is 2. The third-order valence-corrected chi connectivity index (χ3v) is 3.95. The van der Waals surface area contributed by atoms with E-state index in [1.54, 1.807) is 19.0 Å². The van der Waals surface area contributed by atoms with Crippen LogP contribution in [0.25, 0.3) is 0 Å². The predicted molar refractivity (Wildman–Crippen MR) is 110 cm³/mol. The quantitative estimate of drug-likeness (QED) is 0.243. The van der Waals surface area contributed by atoms with Crippen LogP contribution in [0.1, 0.15) is 51.9 Å². The van der Waals surface area contributed by atoms with Crippen LogP contribution in [-0.4, -0.2) is 63.2 Å². The smallest absolute Gasteiger partial charge is 0.223 e. The zero-order valence-corrected chi connectivity index (χ0v) is 17.8. The number of carbonyl (C=O) groups is 1. The van der Waals surface area contributed by atoms with Gasteiger partial charge in [-0.1, -0.05) is 19.3 Å². The fraction of sp³-hybridized carbons (Fsp3) is 0.882. The lowest BCUT2D eigenvalue weighted by atomic mass is 9.98. The SMILES string of the molecule is CCNC(=NCCCOC1CCCCC1)NCCC(=O)N(C)C.I. The first-order valence-corrected chi connectivity index (χ1v) is 8.97. The van der Waals surface area contributed by atoms with Crippen molar-refractivity contribution in [3.63, 3.8) is 0 Å². The molecule has 0 aromatic heterocycles. The Hall–Kier alpha value is -0.570. The minimum Gasteiger partial charge on any atom is -0.378 e. The van der Waals surface area contributed by atoms with E-state index in [0.29, 0.717) is 19.1 Å². The number of carbonyl (C=O) groups excluding carboxylic acids is 1. The predicted octanol–water partition coefficient (Wildman–Crippen LogP) is 2.38. The normalized spacial score (nSPS) is 15.5. The molecule has 1 saturated carbocycles. The van der Waals surface area contributed by atoms with Crippen LogP contribution < -0.4 is 10.6 Å². The molecule has 0 aromatic carbocycles. The maximum absolute atomic E-state index is 11.5. The molecule has 1 aliphatic carbocycles. The number of hydrogen-bond acceptors (Lipinski definition) is 3. The van der Waals surface area contributed by atoms with E-state index < -0.39 is 0 Å². The van der Waals surface area contributed by atoms with Gasteiger partial charge in [-0.3, -0.25) is 9.79 Å². The van der Waals surface area contributed by atoms with E-state index in [1.807, 2.05) is 6.92 Å². The molecule has 0 spiro atoms. The van der Waals surface area contributed by atoms with E-state index in [2.05, 4.69) is 15.6 Å². The van der Waals surface area contributed by atoms with Gasteiger partial charge in [0.25, 0.3) is 0 Å². The van der Waals surface area contributed by atoms with Gasteiger partial charge in [-0.25, -0.2) is 0 Å². The van der Waals surface area contributed by atoms with Gasteiger partial charge in [-0.2, -0.15) is 0 Å². The Morgan fingerprint density at radius 1 is 1.21 bits per heavy atom. The monoisotopic (exact) mass is 454 g/mol. The highest BCUT2D eigenvalue weighted by Gasteiger charge is 2.12. The zero-order valence-electron chi connectivity index (χ0n) is 15.5. The molecule has 1 aliphatic rings. The second-order valence-electron chi connectivity index (χ2n) is 6.21. The average molecular weight is 454 g/mol. The van der Waals surface area contributed by atoms with Crippen molar-refractivity contribution in [2.75, 3.05) is 40.3 Å². The van der Waals surface area contributed by atoms with Crippen LogP contribution in [-0.2, 0) is 9.53 Å². The molecule has 1 amide bonds. The molecule has 24 heavy (non-hydrogen) atoms. The van der Waals surface area contributed by atoms with E-state index >= 15 is 0 Å². The first-order chi connectivity index (χ1) is 11.1. The van der Waals surface area contributed by atoms with Gasteiger partial charge in [-0.15, -0.1) is 24.0 Å². The molecule has 7 heteroatoms. The topological polar surface area (TPSA) is 66.0 Å². The molecule has 142 valence electrons. The Bertz CT molecular complexity index is 358. The van der Waals surface area contributed by atoms with Crippen molar-refractivity contribution < 1.29 is 9.53 Å². The van der Waals surface area contributed by atoms with Crippen molar-refractivity contribution in [3.8, 4) is 0 Å². The molecular weight excluding hydrogens is 419 g/mol. The summed E-state index contributed by atoms with van der Waals surface area (Å²) in [6.07, 6.45) is 8.28. The largest absolute Gasteiger partial charge is 0.378 e. The number of aliphatic imine (C=N–C) groups is 1. The van der Waals surface area contributed by atoms with Crippen LogP contribution in [0.15, 0.2) is 4.99 Å². The summed E-state index contributed by atoms with van der Waals surface area (Å²) in [7, 11) is 3.54. The lowest BCUT2D eigenvalue weighted by Crippen LogP contribution is -2.39. The van der Waals surface area contributed by atoms with Crippen molar-refractivity contribution in [1.82, 2.24) is 15.5 Å². The van der Waals surface area contributed by atoms with E-state index in [4.69, 9.17) is 4.74 Å². The maximum Gasteiger partial charge on any atom is 0.223 e. The van der Waals surface area contributed by atoms with Gasteiger partial charge < -0.3 is 20.3 Å². The highest BCUT2D eigenvalue weighted by molar-refractivity contribution is 14.0. The van der Waals surface area contributed by atoms with Gasteiger partial charge in [0.1, 0.15) is 0 Å². The second-order valence-corrected chi connectivity index (χ2v) is 6.21. The van der Waals surface area contributed by atoms with Crippen LogP contribution in [0.5, 0.6) is 0 Å². The molecule has 2 N–H and O–H groups in total. The zero-order chi connectivity index (χ0) is 16.9. The number of rotatable bonds is 9. The molecule has 1 fully saturated rings. The summed E-state index contributed by atoms with van der Waals surface area (Å²) in [5.74, 6) is 0.894. The molecular formula is C17H35IN4O2. The highest BCUT2D eigenvalue weighted by atomic mass is 127. The van der Waals surface area contributed by atoms with Crippen molar-refractivity contribution in [2.45, 2.75) is 58.0 Å². The van der Waals surface area contributed by atoms with E-state index in [9.17, 15) is 4.79 Å². The summed E-state index contributed by atoms with van der Waals surface area (Å²) >= 11 is 0. The first kappa shape index (κ1) is 23.4. The first-order valence-electron chi connectivity index (χ1n) is 8.97. The standard InChI is InChI=1S/C17H34N4O2.HI/c1-4-18-17(20-13-11-16(22)21(2)3)19-12-8-14-23-15-9-6-5-7-10-15;/h15H,4-14H2,1-3H3,(H2,18,19,20);1H. The van der Waals surface area contributed by atoms with Gasteiger partial charge in [0.15, 0.2) is 5.96 Å². The Balaban J connectivity index is 0.00000529. The van der Waals surface area contributed by atoms with Crippen LogP contribution in [0.4, 0.5) is 0 Å². The molecule has 0 heterocycles. The molecule has 6 nitrogen and oxygen atoms in total. The molecule has 0 bridgehead atoms. The molecule has 0 atom stereocenters. The average Bonchev–Trinajstić information content (AvgIpc) is 2.55. The fourth-order valence-corrected chi connectivity index (χ4v) is 2.59. The summed E-state index contributed by atoms with van der Waals surface area (Å²) in [5.41, 5.74) is 0. The lowest BCUT2D eigenvalue weighted by Gasteiger charge is -2.21. The van der Waals surface area contributed by atoms with Crippen molar-refractivity contribution in [3.05, 3.63) is 0 Å². The lowest BCUT2D eigenvalue weighted by molar-refractivity contribution is -0.128. The van der Waals surface area contributed by atoms with Crippen LogP contribution in [0.2, 0.25) is 0 Å². The minimum absolute atomic E-state index is 0. The van der Waals surface area contributed by atoms with Crippen molar-refractivity contribution in [2.24, 2.45) is 4.99 Å². The molecule has 0 aromatic rings. The van der Waals surface area contributed by atoms with Crippen molar-refractivity contribution in [1.29, 1.82) is 0 Å². The van der Waals surface area contributed by atoms with Crippen LogP contribution in [0.3, 0.4) is 0 Å². The Morgan fingerprint density at radius 2 is 1.92 bits per heavy atom. The summed E-state index contributed by atoms with van der Waals surface area (Å²) in [6.45, 7) is 4.97. The maximum atomic E-state index is 11.5. The summed E-state index contributed by atoms with van der Waals surface area (Å²) < 4.78 is 5.90. The van der Waals surface area contributed by atoms with Gasteiger partial charge in [0.2, 0.25) is 5.91 Å². The van der Waals surface area contributed by atoms with E-state index in [1.165, 1.54) is 32.1 Å². The number of halogens is 1. The van der Waals surface area contributed by atoms with E-state index in [-0.39, 0.29) is 29.9 Å². The Morgan fingerprint density at radius 3 is 2.54 bits per heavy atom. The van der Waals surface area contributed by atoms with Crippen LogP contribution >= 0.6 is 24.0 Å². The summed E-state index contributed by atoms with van der Waals surface area (Å²) in [5, 5.41) is 6.40. The number of guanidine groups is 1. The molecule has 0 saturated heterocycles. The van der Waals surface area contributed by atoms with Gasteiger partial charge in [0, 0.05) is 46.8 Å². The van der Waals surface area contributed by atoms with Gasteiger partial charge in [0.05, 0.1) is 6.10 Å². The number of ether oxygens (including phenoxy) is 1. The molecule has 1 rings (SSSR count). The Kier molecular flexibility index (Phi) is 14.4. The van der Waals surface area contributed by atoms with Gasteiger partial charge >= 0.3 is 0 Å². The molecule has 0 radical (unpaired) electrons. The third kappa shape index (κ3) is 11.1. The fourth-order valence-electron chi connectivity index (χ4n) is 2.59. The molecule has 0 unspecified atom stereocenters. The molecule has 0 aliphatic heterocycles. The minimum atomic E-state index is 0. The van der Waals surface area contributed by atoms with Gasteiger partial charge in [-0.05, 0) is 26.2 Å². The highest BCUT2D eigenvalue weighted by Crippen LogP contribution is 2.20. The summed E-state index contributed by atoms with van der Waals surface area (Å²) in [6, 6.07) is 0. The third-order valence-electron chi connectivity index (χ3n) is 3.95. The van der Waals surface area contributed by atoms with E-state index in [0.717, 1.165) is 32.1 Å². The second kappa shape index (κ2) is 14.7. The number of hydrogen-bond donors (Lipinski definition) is 2.